The van der Waals surface area contributed by atoms with Crippen molar-refractivity contribution >= 4 is 17.7 Å². The third-order valence-corrected chi connectivity index (χ3v) is 4.68. The van der Waals surface area contributed by atoms with Crippen LogP contribution in [0, 0.1) is 0 Å². The Bertz CT molecular complexity index is 444. The molecule has 0 heterocycles. The fourth-order valence-electron chi connectivity index (χ4n) is 2.41. The van der Waals surface area contributed by atoms with Crippen LogP contribution in [0.5, 0.6) is 0 Å². The van der Waals surface area contributed by atoms with Gasteiger partial charge in [0.25, 0.3) is 0 Å². The first-order valence-corrected chi connectivity index (χ1v) is 8.15. The lowest BCUT2D eigenvalue weighted by Crippen LogP contribution is -2.31. The zero-order chi connectivity index (χ0) is 13.7. The molecule has 0 radical (unpaired) electrons. The molecule has 0 saturated carbocycles. The van der Waals surface area contributed by atoms with Gasteiger partial charge in [0.15, 0.2) is 0 Å². The first-order valence-electron chi connectivity index (χ1n) is 7.27. The molecule has 0 aliphatic heterocycles. The Morgan fingerprint density at radius 2 is 2.16 bits per heavy atom. The van der Waals surface area contributed by atoms with Crippen LogP contribution in [0.2, 0.25) is 0 Å². The summed E-state index contributed by atoms with van der Waals surface area (Å²) in [6.07, 6.45) is 5.86. The molecular formula is C16H23NOS. The largest absolute Gasteiger partial charge is 0.355 e. The lowest BCUT2D eigenvalue weighted by molar-refractivity contribution is -0.120. The number of benzene rings is 1. The van der Waals surface area contributed by atoms with Crippen molar-refractivity contribution in [3.8, 4) is 0 Å². The van der Waals surface area contributed by atoms with Gasteiger partial charge in [0.2, 0.25) is 5.91 Å². The van der Waals surface area contributed by atoms with Crippen molar-refractivity contribution in [3.05, 3.63) is 29.3 Å². The third-order valence-electron chi connectivity index (χ3n) is 3.58. The Morgan fingerprint density at radius 3 is 2.95 bits per heavy atom. The molecule has 0 bridgehead atoms. The summed E-state index contributed by atoms with van der Waals surface area (Å²) >= 11 is 1.66. The quantitative estimate of drug-likeness (QED) is 0.636. The van der Waals surface area contributed by atoms with E-state index in [4.69, 9.17) is 0 Å². The fraction of sp³-hybridized carbons (Fsp3) is 0.562. The molecule has 1 aromatic carbocycles. The number of carbonyl (C=O) groups is 1. The molecule has 1 atom stereocenters. The van der Waals surface area contributed by atoms with E-state index in [0.717, 1.165) is 19.4 Å². The summed E-state index contributed by atoms with van der Waals surface area (Å²) in [7, 11) is 0. The Kier molecular flexibility index (Phi) is 5.32. The van der Waals surface area contributed by atoms with Gasteiger partial charge in [-0.3, -0.25) is 4.79 Å². The summed E-state index contributed by atoms with van der Waals surface area (Å²) in [4.78, 5) is 13.1. The van der Waals surface area contributed by atoms with E-state index >= 15 is 0 Å². The molecule has 1 N–H and O–H groups in total. The van der Waals surface area contributed by atoms with E-state index in [2.05, 4.69) is 30.4 Å². The number of nitrogens with one attached hydrogen (secondary N) is 1. The van der Waals surface area contributed by atoms with E-state index in [-0.39, 0.29) is 11.2 Å². The molecule has 1 amide bonds. The van der Waals surface area contributed by atoms with Gasteiger partial charge in [-0.2, -0.15) is 0 Å². The highest BCUT2D eigenvalue weighted by atomic mass is 32.2. The van der Waals surface area contributed by atoms with Crippen molar-refractivity contribution in [3.63, 3.8) is 0 Å². The minimum Gasteiger partial charge on any atom is -0.355 e. The van der Waals surface area contributed by atoms with Crippen molar-refractivity contribution in [1.82, 2.24) is 5.32 Å². The average Bonchev–Trinajstić information content (AvgIpc) is 2.86. The minimum atomic E-state index is -0.0173. The predicted octanol–water partition coefficient (Wildman–Crippen LogP) is 3.57. The lowest BCUT2D eigenvalue weighted by Gasteiger charge is -2.12. The van der Waals surface area contributed by atoms with Gasteiger partial charge in [0.1, 0.15) is 0 Å². The molecule has 0 fully saturated rings. The van der Waals surface area contributed by atoms with Crippen LogP contribution in [0.3, 0.4) is 0 Å². The molecule has 2 rings (SSSR count). The maximum atomic E-state index is 11.9. The van der Waals surface area contributed by atoms with Crippen LogP contribution in [-0.2, 0) is 17.6 Å². The van der Waals surface area contributed by atoms with Crippen LogP contribution in [-0.4, -0.2) is 17.7 Å². The van der Waals surface area contributed by atoms with Crippen LogP contribution in [0.15, 0.2) is 23.1 Å². The maximum absolute atomic E-state index is 11.9. The zero-order valence-corrected chi connectivity index (χ0v) is 12.7. The maximum Gasteiger partial charge on any atom is 0.233 e. The monoisotopic (exact) mass is 277 g/mol. The number of thioether (sulfide) groups is 1. The molecule has 1 aliphatic rings. The summed E-state index contributed by atoms with van der Waals surface area (Å²) in [6, 6.07) is 6.65. The second-order valence-corrected chi connectivity index (χ2v) is 6.60. The Morgan fingerprint density at radius 1 is 1.37 bits per heavy atom. The minimum absolute atomic E-state index is 0.0173. The summed E-state index contributed by atoms with van der Waals surface area (Å²) in [5, 5.41) is 2.98. The predicted molar refractivity (Wildman–Crippen MR) is 81.7 cm³/mol. The highest BCUT2D eigenvalue weighted by Crippen LogP contribution is 2.29. The topological polar surface area (TPSA) is 29.1 Å². The SMILES string of the molecule is CCCCNC(=O)C(C)Sc1ccc2c(c1)CCC2. The van der Waals surface area contributed by atoms with E-state index in [9.17, 15) is 4.79 Å². The molecule has 2 nitrogen and oxygen atoms in total. The highest BCUT2D eigenvalue weighted by Gasteiger charge is 2.16. The van der Waals surface area contributed by atoms with Gasteiger partial charge in [-0.05, 0) is 55.9 Å². The summed E-state index contributed by atoms with van der Waals surface area (Å²) < 4.78 is 0. The molecule has 0 spiro atoms. The van der Waals surface area contributed by atoms with Crippen LogP contribution in [0.25, 0.3) is 0 Å². The fourth-order valence-corrected chi connectivity index (χ4v) is 3.37. The third kappa shape index (κ3) is 4.00. The van der Waals surface area contributed by atoms with Crippen molar-refractivity contribution in [2.45, 2.75) is 56.1 Å². The van der Waals surface area contributed by atoms with Gasteiger partial charge in [-0.25, -0.2) is 0 Å². The number of unbranched alkanes of at least 4 members (excludes halogenated alkanes) is 1. The second-order valence-electron chi connectivity index (χ2n) is 5.19. The average molecular weight is 277 g/mol. The zero-order valence-electron chi connectivity index (χ0n) is 11.9. The Labute approximate surface area is 120 Å². The van der Waals surface area contributed by atoms with Gasteiger partial charge >= 0.3 is 0 Å². The van der Waals surface area contributed by atoms with Crippen LogP contribution in [0.1, 0.15) is 44.2 Å². The molecule has 104 valence electrons. The molecule has 1 aliphatic carbocycles. The van der Waals surface area contributed by atoms with Crippen molar-refractivity contribution in [2.75, 3.05) is 6.54 Å². The number of amides is 1. The van der Waals surface area contributed by atoms with Crippen molar-refractivity contribution < 1.29 is 4.79 Å². The molecular weight excluding hydrogens is 254 g/mol. The molecule has 19 heavy (non-hydrogen) atoms. The molecule has 1 unspecified atom stereocenters. The normalized spacial score (nSPS) is 15.1. The summed E-state index contributed by atoms with van der Waals surface area (Å²) in [6.45, 7) is 4.92. The van der Waals surface area contributed by atoms with E-state index in [0.29, 0.717) is 0 Å². The van der Waals surface area contributed by atoms with Crippen molar-refractivity contribution in [2.24, 2.45) is 0 Å². The van der Waals surface area contributed by atoms with Gasteiger partial charge in [-0.1, -0.05) is 19.4 Å². The Balaban J connectivity index is 1.88. The first kappa shape index (κ1) is 14.4. The van der Waals surface area contributed by atoms with Crippen LogP contribution < -0.4 is 5.32 Å². The van der Waals surface area contributed by atoms with E-state index in [1.165, 1.54) is 35.3 Å². The molecule has 1 aromatic rings. The lowest BCUT2D eigenvalue weighted by atomic mass is 10.1. The summed E-state index contributed by atoms with van der Waals surface area (Å²) in [5.74, 6) is 0.152. The standard InChI is InChI=1S/C16H23NOS/c1-3-4-10-17-16(18)12(2)19-15-9-8-13-6-5-7-14(13)11-15/h8-9,11-12H,3-7,10H2,1-2H3,(H,17,18). The van der Waals surface area contributed by atoms with E-state index in [1.54, 1.807) is 11.8 Å². The molecule has 0 aromatic heterocycles. The first-order chi connectivity index (χ1) is 9.20. The highest BCUT2D eigenvalue weighted by molar-refractivity contribution is 8.00. The number of fused-ring (bicyclic) bond motifs is 1. The van der Waals surface area contributed by atoms with Crippen molar-refractivity contribution in [1.29, 1.82) is 0 Å². The second kappa shape index (κ2) is 6.99. The van der Waals surface area contributed by atoms with E-state index in [1.807, 2.05) is 6.92 Å². The van der Waals surface area contributed by atoms with Gasteiger partial charge in [0.05, 0.1) is 5.25 Å². The smallest absolute Gasteiger partial charge is 0.233 e. The molecule has 3 heteroatoms. The van der Waals surface area contributed by atoms with E-state index < -0.39 is 0 Å². The van der Waals surface area contributed by atoms with Gasteiger partial charge in [-0.15, -0.1) is 11.8 Å². The molecule has 0 saturated heterocycles. The van der Waals surface area contributed by atoms with Crippen LogP contribution >= 0.6 is 11.8 Å². The Hall–Kier alpha value is -0.960. The number of hydrogen-bond acceptors (Lipinski definition) is 2. The number of hydrogen-bond donors (Lipinski definition) is 1. The number of rotatable bonds is 6. The number of aryl methyl sites for hydroxylation is 2. The summed E-state index contributed by atoms with van der Waals surface area (Å²) in [5.41, 5.74) is 2.97. The van der Waals surface area contributed by atoms with Crippen LogP contribution in [0.4, 0.5) is 0 Å². The number of carbonyl (C=O) groups excluding carboxylic acids is 1. The van der Waals surface area contributed by atoms with Gasteiger partial charge in [0, 0.05) is 11.4 Å². The van der Waals surface area contributed by atoms with Gasteiger partial charge < -0.3 is 5.32 Å².